The number of aromatic nitrogens is 3. The Balaban J connectivity index is 1.50. The van der Waals surface area contributed by atoms with Crippen molar-refractivity contribution in [2.24, 2.45) is 0 Å². The molecule has 3 heterocycles. The Bertz CT molecular complexity index is 962. The van der Waals surface area contributed by atoms with Gasteiger partial charge in [-0.15, -0.1) is 0 Å². The van der Waals surface area contributed by atoms with Gasteiger partial charge in [-0.1, -0.05) is 12.1 Å². The van der Waals surface area contributed by atoms with E-state index < -0.39 is 0 Å². The number of anilines is 2. The van der Waals surface area contributed by atoms with Crippen molar-refractivity contribution in [2.45, 2.75) is 19.0 Å². The number of benzene rings is 1. The van der Waals surface area contributed by atoms with Crippen molar-refractivity contribution < 1.29 is 9.18 Å². The number of amides is 1. The highest BCUT2D eigenvalue weighted by atomic mass is 19.1. The quantitative estimate of drug-likeness (QED) is 0.745. The van der Waals surface area contributed by atoms with Crippen LogP contribution in [0, 0.1) is 5.82 Å². The Morgan fingerprint density at radius 2 is 2.00 bits per heavy atom. The van der Waals surface area contributed by atoms with Crippen molar-refractivity contribution in [2.75, 3.05) is 17.6 Å². The van der Waals surface area contributed by atoms with Crippen molar-refractivity contribution in [3.8, 4) is 0 Å². The number of carbonyl (C=O) groups excluding carboxylic acids is 1. The molecule has 0 bridgehead atoms. The molecule has 3 N–H and O–H groups in total. The van der Waals surface area contributed by atoms with E-state index in [4.69, 9.17) is 5.73 Å². The first-order chi connectivity index (χ1) is 12.6. The second-order valence-electron chi connectivity index (χ2n) is 6.20. The second kappa shape index (κ2) is 6.55. The van der Waals surface area contributed by atoms with Crippen LogP contribution in [0.3, 0.4) is 0 Å². The zero-order valence-electron chi connectivity index (χ0n) is 13.9. The molecule has 0 spiro atoms. The van der Waals surface area contributed by atoms with Crippen LogP contribution in [0.15, 0.2) is 42.7 Å². The molecule has 1 atom stereocenters. The van der Waals surface area contributed by atoms with E-state index in [0.717, 1.165) is 5.56 Å². The highest BCUT2D eigenvalue weighted by Crippen LogP contribution is 2.23. The Kier molecular flexibility index (Phi) is 4.08. The summed E-state index contributed by atoms with van der Waals surface area (Å²) in [6.07, 6.45) is 2.06. The summed E-state index contributed by atoms with van der Waals surface area (Å²) in [6, 6.07) is 9.28. The summed E-state index contributed by atoms with van der Waals surface area (Å²) in [6.45, 7) is 1.09. The number of carbonyl (C=O) groups is 1. The van der Waals surface area contributed by atoms with Gasteiger partial charge in [0.15, 0.2) is 5.65 Å². The molecule has 1 fully saturated rings. The fourth-order valence-corrected chi connectivity index (χ4v) is 3.08. The standard InChI is InChI=1S/C18H17FN6O/c19-12-3-1-11(2-4-12)9-25-8-7-14(18(25)26)23-16-13-5-6-15(20)24-17(13)22-10-21-16/h1-6,10,14H,7-9H2,(H3,20,21,22,23,24). The average Bonchev–Trinajstić information content (AvgIpc) is 2.97. The fourth-order valence-electron chi connectivity index (χ4n) is 3.08. The molecule has 3 aromatic rings. The number of rotatable bonds is 4. The Morgan fingerprint density at radius 3 is 2.81 bits per heavy atom. The first kappa shape index (κ1) is 16.2. The third kappa shape index (κ3) is 3.13. The molecule has 26 heavy (non-hydrogen) atoms. The van der Waals surface area contributed by atoms with E-state index in [0.29, 0.717) is 42.2 Å². The number of likely N-dealkylation sites (tertiary alicyclic amines) is 1. The third-order valence-electron chi connectivity index (χ3n) is 4.41. The lowest BCUT2D eigenvalue weighted by Crippen LogP contribution is -2.33. The number of fused-ring (bicyclic) bond motifs is 1. The van der Waals surface area contributed by atoms with E-state index in [1.54, 1.807) is 29.2 Å². The van der Waals surface area contributed by atoms with Gasteiger partial charge in [-0.25, -0.2) is 19.3 Å². The predicted octanol–water partition coefficient (Wildman–Crippen LogP) is 1.96. The molecule has 0 aliphatic carbocycles. The summed E-state index contributed by atoms with van der Waals surface area (Å²) in [5, 5.41) is 3.91. The maximum absolute atomic E-state index is 13.0. The van der Waals surface area contributed by atoms with E-state index in [1.807, 2.05) is 0 Å². The molecule has 1 aliphatic heterocycles. The van der Waals surface area contributed by atoms with Gasteiger partial charge in [-0.05, 0) is 36.2 Å². The predicted molar refractivity (Wildman–Crippen MR) is 95.6 cm³/mol. The minimum Gasteiger partial charge on any atom is -0.384 e. The smallest absolute Gasteiger partial charge is 0.245 e. The lowest BCUT2D eigenvalue weighted by atomic mass is 10.2. The van der Waals surface area contributed by atoms with Crippen molar-refractivity contribution in [1.29, 1.82) is 0 Å². The summed E-state index contributed by atoms with van der Waals surface area (Å²) >= 11 is 0. The monoisotopic (exact) mass is 352 g/mol. The lowest BCUT2D eigenvalue weighted by molar-refractivity contribution is -0.128. The molecule has 1 unspecified atom stereocenters. The fraction of sp³-hybridized carbons (Fsp3) is 0.222. The van der Waals surface area contributed by atoms with Gasteiger partial charge in [0.25, 0.3) is 0 Å². The molecule has 0 radical (unpaired) electrons. The second-order valence-corrected chi connectivity index (χ2v) is 6.20. The summed E-state index contributed by atoms with van der Waals surface area (Å²) in [7, 11) is 0. The van der Waals surface area contributed by atoms with Crippen molar-refractivity contribution >= 4 is 28.6 Å². The van der Waals surface area contributed by atoms with Crippen LogP contribution in [0.1, 0.15) is 12.0 Å². The molecule has 2 aromatic heterocycles. The van der Waals surface area contributed by atoms with Crippen LogP contribution >= 0.6 is 0 Å². The van der Waals surface area contributed by atoms with Crippen molar-refractivity contribution in [3.05, 3.63) is 54.1 Å². The summed E-state index contributed by atoms with van der Waals surface area (Å²) in [4.78, 5) is 26.9. The van der Waals surface area contributed by atoms with Crippen LogP contribution in [0.4, 0.5) is 16.0 Å². The summed E-state index contributed by atoms with van der Waals surface area (Å²) < 4.78 is 13.0. The van der Waals surface area contributed by atoms with Gasteiger partial charge in [0.05, 0.1) is 5.39 Å². The van der Waals surface area contributed by atoms with E-state index in [9.17, 15) is 9.18 Å². The lowest BCUT2D eigenvalue weighted by Gasteiger charge is -2.18. The maximum Gasteiger partial charge on any atom is 0.245 e. The number of hydrogen-bond donors (Lipinski definition) is 2. The van der Waals surface area contributed by atoms with Gasteiger partial charge < -0.3 is 16.0 Å². The molecule has 4 rings (SSSR count). The first-order valence-corrected chi connectivity index (χ1v) is 8.27. The number of nitrogen functional groups attached to an aromatic ring is 1. The zero-order chi connectivity index (χ0) is 18.1. The molecule has 1 aromatic carbocycles. The molecule has 7 nitrogen and oxygen atoms in total. The number of pyridine rings is 1. The van der Waals surface area contributed by atoms with Gasteiger partial charge in [0.1, 0.15) is 29.8 Å². The molecule has 1 amide bonds. The minimum absolute atomic E-state index is 0.00973. The Labute approximate surface area is 149 Å². The van der Waals surface area contributed by atoms with Crippen molar-refractivity contribution in [1.82, 2.24) is 19.9 Å². The van der Waals surface area contributed by atoms with E-state index in [-0.39, 0.29) is 17.8 Å². The summed E-state index contributed by atoms with van der Waals surface area (Å²) in [5.74, 6) is 0.643. The van der Waals surface area contributed by atoms with E-state index in [1.165, 1.54) is 18.5 Å². The van der Waals surface area contributed by atoms with Crippen LogP contribution in [0.2, 0.25) is 0 Å². The first-order valence-electron chi connectivity index (χ1n) is 8.27. The van der Waals surface area contributed by atoms with Crippen LogP contribution in [-0.2, 0) is 11.3 Å². The third-order valence-corrected chi connectivity index (χ3v) is 4.41. The van der Waals surface area contributed by atoms with Gasteiger partial charge in [0, 0.05) is 13.1 Å². The topological polar surface area (TPSA) is 97.0 Å². The van der Waals surface area contributed by atoms with Gasteiger partial charge in [-0.3, -0.25) is 4.79 Å². The van der Waals surface area contributed by atoms with E-state index >= 15 is 0 Å². The maximum atomic E-state index is 13.0. The number of nitrogens with zero attached hydrogens (tertiary/aromatic N) is 4. The number of nitrogens with two attached hydrogens (primary N) is 1. The van der Waals surface area contributed by atoms with Crippen LogP contribution in [0.25, 0.3) is 11.0 Å². The molecular weight excluding hydrogens is 335 g/mol. The van der Waals surface area contributed by atoms with Gasteiger partial charge in [0.2, 0.25) is 5.91 Å². The molecule has 132 valence electrons. The van der Waals surface area contributed by atoms with Crippen LogP contribution in [-0.4, -0.2) is 38.3 Å². The largest absolute Gasteiger partial charge is 0.384 e. The van der Waals surface area contributed by atoms with Gasteiger partial charge in [-0.2, -0.15) is 0 Å². The molecule has 0 saturated carbocycles. The van der Waals surface area contributed by atoms with Crippen molar-refractivity contribution in [3.63, 3.8) is 0 Å². The highest BCUT2D eigenvalue weighted by molar-refractivity contribution is 5.91. The average molecular weight is 352 g/mol. The number of halogens is 1. The Morgan fingerprint density at radius 1 is 1.19 bits per heavy atom. The highest BCUT2D eigenvalue weighted by Gasteiger charge is 2.32. The number of nitrogens with one attached hydrogen (secondary N) is 1. The Hall–Kier alpha value is -3.29. The normalized spacial score (nSPS) is 17.0. The van der Waals surface area contributed by atoms with Crippen LogP contribution in [0.5, 0.6) is 0 Å². The molecule has 8 heteroatoms. The van der Waals surface area contributed by atoms with Crippen LogP contribution < -0.4 is 11.1 Å². The molecule has 1 aliphatic rings. The van der Waals surface area contributed by atoms with E-state index in [2.05, 4.69) is 20.3 Å². The summed E-state index contributed by atoms with van der Waals surface area (Å²) in [5.41, 5.74) is 7.06. The minimum atomic E-state index is -0.369. The SMILES string of the molecule is Nc1ccc2c(NC3CCN(Cc4ccc(F)cc4)C3=O)ncnc2n1. The molecule has 1 saturated heterocycles. The van der Waals surface area contributed by atoms with Gasteiger partial charge >= 0.3 is 0 Å². The zero-order valence-corrected chi connectivity index (χ0v) is 13.9. The number of hydrogen-bond acceptors (Lipinski definition) is 6. The molecular formula is C18H17FN6O.